The van der Waals surface area contributed by atoms with Crippen LogP contribution >= 0.6 is 11.3 Å². The van der Waals surface area contributed by atoms with Gasteiger partial charge in [0, 0.05) is 9.75 Å². The molecule has 1 aromatic carbocycles. The highest BCUT2D eigenvalue weighted by atomic mass is 32.1. The van der Waals surface area contributed by atoms with Gasteiger partial charge in [0.1, 0.15) is 6.10 Å². The molecule has 0 saturated heterocycles. The van der Waals surface area contributed by atoms with E-state index in [1.807, 2.05) is 0 Å². The van der Waals surface area contributed by atoms with Crippen LogP contribution in [0.25, 0.3) is 0 Å². The maximum atomic E-state index is 10.5. The van der Waals surface area contributed by atoms with Crippen LogP contribution in [0.3, 0.4) is 0 Å². The van der Waals surface area contributed by atoms with Gasteiger partial charge in [-0.3, -0.25) is 0 Å². The lowest BCUT2D eigenvalue weighted by Crippen LogP contribution is -1.99. The van der Waals surface area contributed by atoms with E-state index in [0.29, 0.717) is 5.92 Å². The fourth-order valence-corrected chi connectivity index (χ4v) is 4.23. The van der Waals surface area contributed by atoms with Crippen molar-refractivity contribution in [2.75, 3.05) is 0 Å². The second-order valence-electron chi connectivity index (χ2n) is 6.19. The number of thiophene rings is 1. The second-order valence-corrected chi connectivity index (χ2v) is 7.36. The third kappa shape index (κ3) is 2.82. The standard InChI is InChI=1S/C18H22OS/c1-12(2)10-13-6-8-14(9-7-13)18(19)17-11-15-4-3-5-16(15)20-17/h6-9,11-12,18-19H,3-5,10H2,1-2H3. The highest BCUT2D eigenvalue weighted by Gasteiger charge is 2.19. The highest BCUT2D eigenvalue weighted by Crippen LogP contribution is 2.36. The molecular formula is C18H22OS. The summed E-state index contributed by atoms with van der Waals surface area (Å²) in [6.07, 6.45) is 4.30. The van der Waals surface area contributed by atoms with E-state index < -0.39 is 6.10 Å². The largest absolute Gasteiger partial charge is 0.383 e. The third-order valence-electron chi connectivity index (χ3n) is 3.97. The molecule has 0 bridgehead atoms. The number of aryl methyl sites for hydroxylation is 2. The Labute approximate surface area is 125 Å². The van der Waals surface area contributed by atoms with Gasteiger partial charge in [-0.25, -0.2) is 0 Å². The molecule has 1 aliphatic rings. The molecule has 0 amide bonds. The number of aliphatic hydroxyl groups excluding tert-OH is 1. The monoisotopic (exact) mass is 286 g/mol. The Morgan fingerprint density at radius 1 is 1.15 bits per heavy atom. The molecule has 20 heavy (non-hydrogen) atoms. The van der Waals surface area contributed by atoms with Crippen molar-refractivity contribution in [1.29, 1.82) is 0 Å². The SMILES string of the molecule is CC(C)Cc1ccc(C(O)c2cc3c(s2)CCC3)cc1. The molecule has 0 fully saturated rings. The van der Waals surface area contributed by atoms with Crippen LogP contribution in [-0.4, -0.2) is 5.11 Å². The first-order valence-corrected chi connectivity index (χ1v) is 8.33. The quantitative estimate of drug-likeness (QED) is 0.876. The Morgan fingerprint density at radius 3 is 2.55 bits per heavy atom. The summed E-state index contributed by atoms with van der Waals surface area (Å²) in [5, 5.41) is 10.5. The summed E-state index contributed by atoms with van der Waals surface area (Å²) in [6, 6.07) is 10.7. The zero-order chi connectivity index (χ0) is 14.1. The fourth-order valence-electron chi connectivity index (χ4n) is 2.96. The van der Waals surface area contributed by atoms with E-state index in [2.05, 4.69) is 44.2 Å². The summed E-state index contributed by atoms with van der Waals surface area (Å²) >= 11 is 1.79. The molecule has 0 aliphatic heterocycles. The van der Waals surface area contributed by atoms with Gasteiger partial charge < -0.3 is 5.11 Å². The average Bonchev–Trinajstić information content (AvgIpc) is 2.98. The smallest absolute Gasteiger partial charge is 0.113 e. The average molecular weight is 286 g/mol. The summed E-state index contributed by atoms with van der Waals surface area (Å²) in [7, 11) is 0. The predicted octanol–water partition coefficient (Wildman–Crippen LogP) is 4.52. The minimum Gasteiger partial charge on any atom is -0.383 e. The third-order valence-corrected chi connectivity index (χ3v) is 5.26. The van der Waals surface area contributed by atoms with E-state index in [9.17, 15) is 5.11 Å². The molecule has 1 nitrogen and oxygen atoms in total. The lowest BCUT2D eigenvalue weighted by molar-refractivity contribution is 0.224. The molecule has 1 unspecified atom stereocenters. The first-order chi connectivity index (χ1) is 9.63. The summed E-state index contributed by atoms with van der Waals surface area (Å²) in [4.78, 5) is 2.58. The minimum absolute atomic E-state index is 0.460. The zero-order valence-electron chi connectivity index (χ0n) is 12.2. The molecule has 3 rings (SSSR count). The molecule has 2 heteroatoms. The summed E-state index contributed by atoms with van der Waals surface area (Å²) in [5.74, 6) is 0.672. The van der Waals surface area contributed by atoms with Gasteiger partial charge in [-0.15, -0.1) is 11.3 Å². The van der Waals surface area contributed by atoms with Gasteiger partial charge in [0.15, 0.2) is 0 Å². The Morgan fingerprint density at radius 2 is 1.90 bits per heavy atom. The lowest BCUT2D eigenvalue weighted by Gasteiger charge is -2.11. The van der Waals surface area contributed by atoms with Crippen LogP contribution < -0.4 is 0 Å². The molecule has 106 valence electrons. The van der Waals surface area contributed by atoms with Gasteiger partial charge in [0.25, 0.3) is 0 Å². The van der Waals surface area contributed by atoms with Crippen molar-refractivity contribution in [3.8, 4) is 0 Å². The molecule has 1 aliphatic carbocycles. The number of aliphatic hydroxyl groups is 1. The van der Waals surface area contributed by atoms with Gasteiger partial charge in [-0.1, -0.05) is 38.1 Å². The summed E-state index contributed by atoms with van der Waals surface area (Å²) < 4.78 is 0. The number of benzene rings is 1. The van der Waals surface area contributed by atoms with Crippen molar-refractivity contribution >= 4 is 11.3 Å². The van der Waals surface area contributed by atoms with Gasteiger partial charge in [0.05, 0.1) is 0 Å². The Bertz CT molecular complexity index is 558. The molecular weight excluding hydrogens is 264 g/mol. The van der Waals surface area contributed by atoms with E-state index >= 15 is 0 Å². The second kappa shape index (κ2) is 5.71. The van der Waals surface area contributed by atoms with Crippen LogP contribution in [0.15, 0.2) is 30.3 Å². The molecule has 1 heterocycles. The van der Waals surface area contributed by atoms with Gasteiger partial charge in [-0.2, -0.15) is 0 Å². The number of fused-ring (bicyclic) bond motifs is 1. The van der Waals surface area contributed by atoms with Crippen LogP contribution in [0.2, 0.25) is 0 Å². The fraction of sp³-hybridized carbons (Fsp3) is 0.444. The van der Waals surface area contributed by atoms with E-state index in [-0.39, 0.29) is 0 Å². The number of hydrogen-bond donors (Lipinski definition) is 1. The molecule has 0 saturated carbocycles. The van der Waals surface area contributed by atoms with Crippen molar-refractivity contribution in [1.82, 2.24) is 0 Å². The van der Waals surface area contributed by atoms with Crippen LogP contribution in [-0.2, 0) is 19.3 Å². The van der Waals surface area contributed by atoms with Crippen LogP contribution in [0.1, 0.15) is 52.8 Å². The zero-order valence-corrected chi connectivity index (χ0v) is 13.0. The van der Waals surface area contributed by atoms with Crippen molar-refractivity contribution in [2.45, 2.75) is 45.6 Å². The van der Waals surface area contributed by atoms with E-state index in [0.717, 1.165) is 16.9 Å². The Kier molecular flexibility index (Phi) is 3.95. The normalized spacial score (nSPS) is 15.6. The van der Waals surface area contributed by atoms with Crippen LogP contribution in [0.4, 0.5) is 0 Å². The molecule has 1 aromatic heterocycles. The molecule has 0 radical (unpaired) electrons. The first kappa shape index (κ1) is 13.8. The molecule has 1 atom stereocenters. The topological polar surface area (TPSA) is 20.2 Å². The predicted molar refractivity (Wildman–Crippen MR) is 85.4 cm³/mol. The molecule has 0 spiro atoms. The lowest BCUT2D eigenvalue weighted by atomic mass is 10.00. The van der Waals surface area contributed by atoms with Gasteiger partial charge >= 0.3 is 0 Å². The van der Waals surface area contributed by atoms with E-state index in [1.165, 1.54) is 35.3 Å². The minimum atomic E-state index is -0.460. The number of rotatable bonds is 4. The molecule has 1 N–H and O–H groups in total. The summed E-state index contributed by atoms with van der Waals surface area (Å²) in [5.41, 5.74) is 3.82. The maximum Gasteiger partial charge on any atom is 0.113 e. The van der Waals surface area contributed by atoms with E-state index in [1.54, 1.807) is 11.3 Å². The van der Waals surface area contributed by atoms with Crippen molar-refractivity contribution in [3.63, 3.8) is 0 Å². The van der Waals surface area contributed by atoms with Crippen LogP contribution in [0, 0.1) is 5.92 Å². The van der Waals surface area contributed by atoms with Crippen molar-refractivity contribution in [3.05, 3.63) is 56.8 Å². The summed E-state index contributed by atoms with van der Waals surface area (Å²) in [6.45, 7) is 4.46. The first-order valence-electron chi connectivity index (χ1n) is 7.52. The Hall–Kier alpha value is -1.12. The van der Waals surface area contributed by atoms with Gasteiger partial charge in [0.2, 0.25) is 0 Å². The van der Waals surface area contributed by atoms with Crippen molar-refractivity contribution in [2.24, 2.45) is 5.92 Å². The highest BCUT2D eigenvalue weighted by molar-refractivity contribution is 7.12. The van der Waals surface area contributed by atoms with E-state index in [4.69, 9.17) is 0 Å². The van der Waals surface area contributed by atoms with Crippen molar-refractivity contribution < 1.29 is 5.11 Å². The maximum absolute atomic E-state index is 10.5. The number of hydrogen-bond acceptors (Lipinski definition) is 2. The van der Waals surface area contributed by atoms with Gasteiger partial charge in [-0.05, 0) is 54.4 Å². The van der Waals surface area contributed by atoms with Crippen LogP contribution in [0.5, 0.6) is 0 Å². The molecule has 2 aromatic rings. The Balaban J connectivity index is 1.77.